The average Bonchev–Trinajstić information content (AvgIpc) is 2.77. The number of hydrogen-bond donors (Lipinski definition) is 0. The molecule has 3 rings (SSSR count). The largest absolute Gasteiger partial charge is 0.441 e. The van der Waals surface area contributed by atoms with E-state index in [1.807, 2.05) is 0 Å². The third kappa shape index (κ3) is 2.18. The maximum absolute atomic E-state index is 12.0. The molecule has 1 spiro atoms. The summed E-state index contributed by atoms with van der Waals surface area (Å²) in [4.78, 5) is 32.2. The van der Waals surface area contributed by atoms with E-state index < -0.39 is 5.60 Å². The summed E-state index contributed by atoms with van der Waals surface area (Å²) in [7, 11) is 0. The lowest BCUT2D eigenvalue weighted by Gasteiger charge is -2.33. The van der Waals surface area contributed by atoms with Crippen LogP contribution >= 0.6 is 0 Å². The topological polar surface area (TPSA) is 72.4 Å². The van der Waals surface area contributed by atoms with E-state index in [0.717, 1.165) is 32.0 Å². The maximum Gasteiger partial charge on any atom is 0.415 e. The van der Waals surface area contributed by atoms with Crippen LogP contribution in [0.2, 0.25) is 0 Å². The van der Waals surface area contributed by atoms with E-state index in [0.29, 0.717) is 12.2 Å². The van der Waals surface area contributed by atoms with Gasteiger partial charge in [0.2, 0.25) is 0 Å². The second-order valence-electron chi connectivity index (χ2n) is 5.21. The van der Waals surface area contributed by atoms with Crippen molar-refractivity contribution in [2.24, 2.45) is 5.92 Å². The van der Waals surface area contributed by atoms with Crippen molar-refractivity contribution in [2.75, 3.05) is 11.4 Å². The Labute approximate surface area is 110 Å². The Morgan fingerprint density at radius 2 is 2.00 bits per heavy atom. The Kier molecular flexibility index (Phi) is 2.93. The zero-order valence-electron chi connectivity index (χ0n) is 10.5. The smallest absolute Gasteiger partial charge is 0.415 e. The van der Waals surface area contributed by atoms with Crippen molar-refractivity contribution in [1.29, 1.82) is 0 Å². The quantitative estimate of drug-likeness (QED) is 0.755. The minimum absolute atomic E-state index is 0.110. The maximum atomic E-state index is 12.0. The third-order valence-electron chi connectivity index (χ3n) is 3.96. The van der Waals surface area contributed by atoms with Gasteiger partial charge in [-0.15, -0.1) is 0 Å². The first-order valence-corrected chi connectivity index (χ1v) is 6.43. The van der Waals surface area contributed by atoms with Crippen molar-refractivity contribution >= 4 is 18.1 Å². The first-order chi connectivity index (χ1) is 9.22. The SMILES string of the molecule is O=CC1CCC2(CC1)CN(c1cncnc1)C(=O)O2. The molecule has 1 saturated carbocycles. The predicted octanol–water partition coefficient (Wildman–Crippen LogP) is 1.56. The molecule has 6 nitrogen and oxygen atoms in total. The highest BCUT2D eigenvalue weighted by Crippen LogP contribution is 2.39. The van der Waals surface area contributed by atoms with Crippen molar-refractivity contribution in [3.63, 3.8) is 0 Å². The highest BCUT2D eigenvalue weighted by molar-refractivity contribution is 5.89. The molecule has 1 aliphatic carbocycles. The van der Waals surface area contributed by atoms with Gasteiger partial charge in [0.05, 0.1) is 24.6 Å². The fourth-order valence-corrected chi connectivity index (χ4v) is 2.82. The van der Waals surface area contributed by atoms with Crippen LogP contribution in [0.4, 0.5) is 10.5 Å². The van der Waals surface area contributed by atoms with Crippen molar-refractivity contribution in [3.8, 4) is 0 Å². The minimum Gasteiger partial charge on any atom is -0.441 e. The molecule has 0 atom stereocenters. The van der Waals surface area contributed by atoms with Gasteiger partial charge in [-0.2, -0.15) is 0 Å². The molecule has 0 radical (unpaired) electrons. The molecule has 1 aromatic heterocycles. The Balaban J connectivity index is 1.75. The summed E-state index contributed by atoms with van der Waals surface area (Å²) in [5, 5.41) is 0. The molecule has 0 unspecified atom stereocenters. The third-order valence-corrected chi connectivity index (χ3v) is 3.96. The van der Waals surface area contributed by atoms with Crippen LogP contribution in [0.1, 0.15) is 25.7 Å². The number of aromatic nitrogens is 2. The highest BCUT2D eigenvalue weighted by atomic mass is 16.6. The number of carbonyl (C=O) groups is 2. The Hall–Kier alpha value is -1.98. The predicted molar refractivity (Wildman–Crippen MR) is 66.6 cm³/mol. The molecule has 1 aromatic rings. The van der Waals surface area contributed by atoms with Gasteiger partial charge in [0.1, 0.15) is 18.2 Å². The zero-order valence-corrected chi connectivity index (χ0v) is 10.5. The van der Waals surface area contributed by atoms with E-state index in [4.69, 9.17) is 4.74 Å². The summed E-state index contributed by atoms with van der Waals surface area (Å²) in [5.74, 6) is 0.110. The fraction of sp³-hybridized carbons (Fsp3) is 0.538. The number of rotatable bonds is 2. The Morgan fingerprint density at radius 3 is 2.63 bits per heavy atom. The number of anilines is 1. The fourth-order valence-electron chi connectivity index (χ4n) is 2.82. The number of nitrogens with zero attached hydrogens (tertiary/aromatic N) is 3. The van der Waals surface area contributed by atoms with Crippen LogP contribution in [0.3, 0.4) is 0 Å². The number of aldehydes is 1. The lowest BCUT2D eigenvalue weighted by molar-refractivity contribution is -0.113. The molecular formula is C13H15N3O3. The molecule has 1 saturated heterocycles. The van der Waals surface area contributed by atoms with Gasteiger partial charge < -0.3 is 9.53 Å². The summed E-state index contributed by atoms with van der Waals surface area (Å²) >= 11 is 0. The van der Waals surface area contributed by atoms with Gasteiger partial charge in [-0.25, -0.2) is 14.8 Å². The number of hydrogen-bond acceptors (Lipinski definition) is 5. The van der Waals surface area contributed by atoms with Crippen LogP contribution in [-0.2, 0) is 9.53 Å². The lowest BCUT2D eigenvalue weighted by atomic mass is 9.79. The lowest BCUT2D eigenvalue weighted by Crippen LogP contribution is -2.38. The average molecular weight is 261 g/mol. The molecule has 0 N–H and O–H groups in total. The van der Waals surface area contributed by atoms with Gasteiger partial charge in [-0.3, -0.25) is 4.90 Å². The Bertz CT molecular complexity index is 483. The molecule has 2 fully saturated rings. The van der Waals surface area contributed by atoms with Crippen molar-refractivity contribution < 1.29 is 14.3 Å². The van der Waals surface area contributed by atoms with Crippen LogP contribution in [0.5, 0.6) is 0 Å². The van der Waals surface area contributed by atoms with Crippen LogP contribution < -0.4 is 4.90 Å². The normalized spacial score (nSPS) is 30.4. The van der Waals surface area contributed by atoms with Gasteiger partial charge in [-0.05, 0) is 25.7 Å². The molecule has 6 heteroatoms. The summed E-state index contributed by atoms with van der Waals surface area (Å²) in [5.41, 5.74) is 0.216. The van der Waals surface area contributed by atoms with Crippen molar-refractivity contribution in [1.82, 2.24) is 9.97 Å². The summed E-state index contributed by atoms with van der Waals surface area (Å²) in [6, 6.07) is 0. The van der Waals surface area contributed by atoms with E-state index in [1.54, 1.807) is 17.3 Å². The molecule has 1 aliphatic heterocycles. The number of carbonyl (C=O) groups excluding carboxylic acids is 2. The molecule has 1 amide bonds. The standard InChI is InChI=1S/C13H15N3O3/c17-7-10-1-3-13(4-2-10)8-16(12(18)19-13)11-5-14-9-15-6-11/h5-7,9-10H,1-4,8H2. The first kappa shape index (κ1) is 12.1. The molecular weight excluding hydrogens is 246 g/mol. The van der Waals surface area contributed by atoms with Crippen LogP contribution in [0.25, 0.3) is 0 Å². The van der Waals surface area contributed by atoms with Crippen molar-refractivity contribution in [2.45, 2.75) is 31.3 Å². The molecule has 0 aromatic carbocycles. The van der Waals surface area contributed by atoms with Gasteiger partial charge in [0.15, 0.2) is 0 Å². The molecule has 19 heavy (non-hydrogen) atoms. The van der Waals surface area contributed by atoms with E-state index in [-0.39, 0.29) is 12.0 Å². The number of ether oxygens (including phenoxy) is 1. The van der Waals surface area contributed by atoms with Gasteiger partial charge in [0, 0.05) is 5.92 Å². The second kappa shape index (κ2) is 4.60. The zero-order chi connectivity index (χ0) is 13.3. The monoisotopic (exact) mass is 261 g/mol. The van der Waals surface area contributed by atoms with E-state index in [9.17, 15) is 9.59 Å². The van der Waals surface area contributed by atoms with Gasteiger partial charge in [-0.1, -0.05) is 0 Å². The van der Waals surface area contributed by atoms with Crippen LogP contribution in [-0.4, -0.2) is 34.5 Å². The van der Waals surface area contributed by atoms with Crippen LogP contribution in [0, 0.1) is 5.92 Å². The van der Waals surface area contributed by atoms with E-state index in [1.165, 1.54) is 6.33 Å². The molecule has 0 bridgehead atoms. The molecule has 2 heterocycles. The van der Waals surface area contributed by atoms with Gasteiger partial charge >= 0.3 is 6.09 Å². The Morgan fingerprint density at radius 1 is 1.32 bits per heavy atom. The van der Waals surface area contributed by atoms with Gasteiger partial charge in [0.25, 0.3) is 0 Å². The highest BCUT2D eigenvalue weighted by Gasteiger charge is 2.47. The first-order valence-electron chi connectivity index (χ1n) is 6.43. The molecule has 2 aliphatic rings. The summed E-state index contributed by atoms with van der Waals surface area (Å²) in [6.45, 7) is 0.519. The van der Waals surface area contributed by atoms with Crippen molar-refractivity contribution in [3.05, 3.63) is 18.7 Å². The second-order valence-corrected chi connectivity index (χ2v) is 5.21. The van der Waals surface area contributed by atoms with E-state index in [2.05, 4.69) is 9.97 Å². The van der Waals surface area contributed by atoms with E-state index >= 15 is 0 Å². The summed E-state index contributed by atoms with van der Waals surface area (Å²) in [6.07, 6.45) is 8.35. The van der Waals surface area contributed by atoms with Crippen LogP contribution in [0.15, 0.2) is 18.7 Å². The number of amides is 1. The summed E-state index contributed by atoms with van der Waals surface area (Å²) < 4.78 is 5.57. The molecule has 100 valence electrons. The minimum atomic E-state index is -0.438.